The van der Waals surface area contributed by atoms with Crippen LogP contribution >= 0.6 is 0 Å². The van der Waals surface area contributed by atoms with Crippen LogP contribution in [0.5, 0.6) is 0 Å². The number of aromatic nitrogens is 3. The Morgan fingerprint density at radius 3 is 2.68 bits per heavy atom. The summed E-state index contributed by atoms with van der Waals surface area (Å²) in [4.78, 5) is 12.1. The van der Waals surface area contributed by atoms with Gasteiger partial charge in [-0.25, -0.2) is 4.68 Å². The van der Waals surface area contributed by atoms with Gasteiger partial charge in [0.2, 0.25) is 5.91 Å². The van der Waals surface area contributed by atoms with Gasteiger partial charge in [0.1, 0.15) is 0 Å². The molecular formula is C17H14N4O. The van der Waals surface area contributed by atoms with Gasteiger partial charge in [0.15, 0.2) is 0 Å². The molecule has 0 radical (unpaired) electrons. The molecule has 0 fully saturated rings. The van der Waals surface area contributed by atoms with Crippen LogP contribution in [0.25, 0.3) is 5.69 Å². The van der Waals surface area contributed by atoms with Crippen LogP contribution in [0.3, 0.4) is 0 Å². The fourth-order valence-corrected chi connectivity index (χ4v) is 2.74. The van der Waals surface area contributed by atoms with Crippen LogP contribution in [0.2, 0.25) is 0 Å². The minimum Gasteiger partial charge on any atom is -0.324 e. The number of carbonyl (C=O) groups excluding carboxylic acids is 1. The average Bonchev–Trinajstić information content (AvgIpc) is 2.84. The van der Waals surface area contributed by atoms with Crippen molar-refractivity contribution in [3.8, 4) is 5.69 Å². The van der Waals surface area contributed by atoms with Gasteiger partial charge >= 0.3 is 0 Å². The zero-order chi connectivity index (χ0) is 14.9. The number of hydrogen-bond acceptors (Lipinski definition) is 3. The van der Waals surface area contributed by atoms with Crippen LogP contribution in [-0.4, -0.2) is 20.9 Å². The highest BCUT2D eigenvalue weighted by molar-refractivity contribution is 5.95. The lowest BCUT2D eigenvalue weighted by atomic mass is 10.1. The molecule has 108 valence electrons. The van der Waals surface area contributed by atoms with E-state index >= 15 is 0 Å². The molecule has 0 bridgehead atoms. The van der Waals surface area contributed by atoms with Gasteiger partial charge in [-0.2, -0.15) is 0 Å². The van der Waals surface area contributed by atoms with Crippen LogP contribution in [0, 0.1) is 0 Å². The molecule has 0 saturated carbocycles. The molecule has 2 aromatic carbocycles. The van der Waals surface area contributed by atoms with Crippen molar-refractivity contribution in [2.45, 2.75) is 12.8 Å². The Hall–Kier alpha value is -2.95. The number of para-hydroxylation sites is 2. The molecule has 0 unspecified atom stereocenters. The molecule has 2 heterocycles. The number of anilines is 1. The lowest BCUT2D eigenvalue weighted by Crippen LogP contribution is -2.13. The topological polar surface area (TPSA) is 59.8 Å². The van der Waals surface area contributed by atoms with Crippen molar-refractivity contribution >= 4 is 11.6 Å². The van der Waals surface area contributed by atoms with Gasteiger partial charge in [0, 0.05) is 6.42 Å². The summed E-state index contributed by atoms with van der Waals surface area (Å²) in [5.74, 6) is -0.0391. The van der Waals surface area contributed by atoms with E-state index in [4.69, 9.17) is 0 Å². The Morgan fingerprint density at radius 1 is 1.05 bits per heavy atom. The number of nitrogens with one attached hydrogen (secondary N) is 1. The highest BCUT2D eigenvalue weighted by Gasteiger charge is 2.23. The van der Waals surface area contributed by atoms with Crippen LogP contribution in [0.4, 0.5) is 5.69 Å². The third-order valence-electron chi connectivity index (χ3n) is 3.79. The minimum atomic E-state index is -0.0391. The summed E-state index contributed by atoms with van der Waals surface area (Å²) in [6.07, 6.45) is 0.954. The maximum Gasteiger partial charge on any atom is 0.230 e. The molecule has 1 aliphatic rings. The molecule has 3 aromatic rings. The zero-order valence-corrected chi connectivity index (χ0v) is 11.9. The Bertz CT molecular complexity index is 839. The third-order valence-corrected chi connectivity index (χ3v) is 3.79. The summed E-state index contributed by atoms with van der Waals surface area (Å²) < 4.78 is 1.77. The van der Waals surface area contributed by atoms with E-state index in [1.165, 1.54) is 0 Å². The molecule has 0 atom stereocenters. The lowest BCUT2D eigenvalue weighted by molar-refractivity contribution is -0.115. The first-order valence-electron chi connectivity index (χ1n) is 7.18. The Labute approximate surface area is 127 Å². The molecular weight excluding hydrogens is 276 g/mol. The van der Waals surface area contributed by atoms with Gasteiger partial charge in [0.05, 0.1) is 29.2 Å². The second kappa shape index (κ2) is 5.11. The molecule has 0 spiro atoms. The summed E-state index contributed by atoms with van der Waals surface area (Å²) in [5.41, 5.74) is 4.48. The molecule has 1 aliphatic heterocycles. The average molecular weight is 290 g/mol. The van der Waals surface area contributed by atoms with E-state index in [1.54, 1.807) is 4.68 Å². The third kappa shape index (κ3) is 2.16. The molecule has 0 aliphatic carbocycles. The predicted octanol–water partition coefficient (Wildman–Crippen LogP) is 2.35. The van der Waals surface area contributed by atoms with Crippen molar-refractivity contribution in [3.05, 3.63) is 71.5 Å². The number of rotatable bonds is 2. The summed E-state index contributed by atoms with van der Waals surface area (Å²) in [7, 11) is 0. The van der Waals surface area contributed by atoms with E-state index in [0.717, 1.165) is 28.3 Å². The summed E-state index contributed by atoms with van der Waals surface area (Å²) in [6.45, 7) is 0. The number of benzene rings is 2. The highest BCUT2D eigenvalue weighted by atomic mass is 16.1. The molecule has 0 saturated heterocycles. The standard InChI is InChI=1S/C17H14N4O/c22-17-11-16-14(10-12-6-2-1-3-7-12)19-20-21(16)15-9-5-4-8-13(15)18-17/h1-9H,10-11H2,(H,18,22). The first kappa shape index (κ1) is 12.8. The first-order valence-corrected chi connectivity index (χ1v) is 7.18. The Morgan fingerprint density at radius 2 is 1.82 bits per heavy atom. The van der Waals surface area contributed by atoms with E-state index in [-0.39, 0.29) is 12.3 Å². The van der Waals surface area contributed by atoms with Crippen LogP contribution < -0.4 is 5.32 Å². The smallest absolute Gasteiger partial charge is 0.230 e. The molecule has 1 N–H and O–H groups in total. The van der Waals surface area contributed by atoms with Crippen LogP contribution in [-0.2, 0) is 17.6 Å². The quantitative estimate of drug-likeness (QED) is 0.788. The Balaban J connectivity index is 1.80. The molecule has 1 aromatic heterocycles. The normalized spacial score (nSPS) is 13.0. The second-order valence-electron chi connectivity index (χ2n) is 5.30. The van der Waals surface area contributed by atoms with Crippen molar-refractivity contribution in [2.75, 3.05) is 5.32 Å². The molecule has 22 heavy (non-hydrogen) atoms. The fraction of sp³-hybridized carbons (Fsp3) is 0.118. The predicted molar refractivity (Wildman–Crippen MR) is 82.9 cm³/mol. The minimum absolute atomic E-state index is 0.0391. The number of carbonyl (C=O) groups is 1. The van der Waals surface area contributed by atoms with E-state index in [2.05, 4.69) is 27.8 Å². The first-order chi connectivity index (χ1) is 10.8. The van der Waals surface area contributed by atoms with Crippen molar-refractivity contribution in [1.82, 2.24) is 15.0 Å². The number of nitrogens with zero attached hydrogens (tertiary/aromatic N) is 3. The van der Waals surface area contributed by atoms with Gasteiger partial charge in [-0.15, -0.1) is 5.10 Å². The zero-order valence-electron chi connectivity index (χ0n) is 11.9. The van der Waals surface area contributed by atoms with Crippen LogP contribution in [0.15, 0.2) is 54.6 Å². The van der Waals surface area contributed by atoms with Crippen LogP contribution in [0.1, 0.15) is 17.0 Å². The monoisotopic (exact) mass is 290 g/mol. The SMILES string of the molecule is O=C1Cc2c(Cc3ccccc3)nnn2-c2ccccc2N1. The van der Waals surface area contributed by atoms with E-state index in [9.17, 15) is 4.79 Å². The Kier molecular flexibility index (Phi) is 2.96. The fourth-order valence-electron chi connectivity index (χ4n) is 2.74. The van der Waals surface area contributed by atoms with Crippen molar-refractivity contribution in [1.29, 1.82) is 0 Å². The van der Waals surface area contributed by atoms with E-state index < -0.39 is 0 Å². The summed E-state index contributed by atoms with van der Waals surface area (Å²) in [5, 5.41) is 11.5. The number of hydrogen-bond donors (Lipinski definition) is 1. The molecule has 5 nitrogen and oxygen atoms in total. The number of fused-ring (bicyclic) bond motifs is 3. The molecule has 5 heteroatoms. The van der Waals surface area contributed by atoms with Crippen molar-refractivity contribution in [3.63, 3.8) is 0 Å². The van der Waals surface area contributed by atoms with E-state index in [1.807, 2.05) is 42.5 Å². The van der Waals surface area contributed by atoms with Gasteiger partial charge in [-0.1, -0.05) is 47.7 Å². The molecule has 4 rings (SSSR count). The maximum atomic E-state index is 12.1. The second-order valence-corrected chi connectivity index (χ2v) is 5.30. The highest BCUT2D eigenvalue weighted by Crippen LogP contribution is 2.26. The van der Waals surface area contributed by atoms with Crippen molar-refractivity contribution in [2.24, 2.45) is 0 Å². The van der Waals surface area contributed by atoms with Gasteiger partial charge in [-0.05, 0) is 17.7 Å². The van der Waals surface area contributed by atoms with Gasteiger partial charge < -0.3 is 5.32 Å². The van der Waals surface area contributed by atoms with Gasteiger partial charge in [0.25, 0.3) is 0 Å². The largest absolute Gasteiger partial charge is 0.324 e. The number of amides is 1. The van der Waals surface area contributed by atoms with Crippen molar-refractivity contribution < 1.29 is 4.79 Å². The van der Waals surface area contributed by atoms with Gasteiger partial charge in [-0.3, -0.25) is 4.79 Å². The lowest BCUT2D eigenvalue weighted by Gasteiger charge is -2.06. The maximum absolute atomic E-state index is 12.1. The molecule has 1 amide bonds. The van der Waals surface area contributed by atoms with E-state index in [0.29, 0.717) is 6.42 Å². The summed E-state index contributed by atoms with van der Waals surface area (Å²) in [6, 6.07) is 17.7. The summed E-state index contributed by atoms with van der Waals surface area (Å²) >= 11 is 0.